The summed E-state index contributed by atoms with van der Waals surface area (Å²) in [6.45, 7) is 0.660. The maximum Gasteiger partial charge on any atom is 0.586 e. The van der Waals surface area contributed by atoms with E-state index in [4.69, 9.17) is 0 Å². The van der Waals surface area contributed by atoms with Crippen molar-refractivity contribution in [3.05, 3.63) is 65.1 Å². The Hall–Kier alpha value is -3.26. The molecule has 0 radical (unpaired) electrons. The predicted molar refractivity (Wildman–Crippen MR) is 103 cm³/mol. The Morgan fingerprint density at radius 3 is 2.64 bits per heavy atom. The van der Waals surface area contributed by atoms with Crippen LogP contribution in [0.25, 0.3) is 22.0 Å². The number of halogens is 2. The summed E-state index contributed by atoms with van der Waals surface area (Å²) in [6, 6.07) is 14.5. The highest BCUT2D eigenvalue weighted by molar-refractivity contribution is 7.09. The zero-order valence-corrected chi connectivity index (χ0v) is 15.2. The van der Waals surface area contributed by atoms with E-state index in [0.29, 0.717) is 12.4 Å². The number of ether oxygens (including phenoxy) is 2. The van der Waals surface area contributed by atoms with Gasteiger partial charge in [-0.05, 0) is 46.8 Å². The summed E-state index contributed by atoms with van der Waals surface area (Å²) in [7, 11) is 0. The molecule has 0 aliphatic carbocycles. The van der Waals surface area contributed by atoms with Crippen LogP contribution in [-0.2, 0) is 6.54 Å². The number of alkyl halides is 2. The topological polar surface area (TPSA) is 56.3 Å². The first-order valence-electron chi connectivity index (χ1n) is 8.49. The van der Waals surface area contributed by atoms with Crippen LogP contribution in [0.15, 0.2) is 60.2 Å². The van der Waals surface area contributed by atoms with Gasteiger partial charge < -0.3 is 14.8 Å². The molecular weight excluding hydrogens is 384 g/mol. The van der Waals surface area contributed by atoms with Crippen LogP contribution >= 0.6 is 11.3 Å². The molecule has 8 heteroatoms. The molecule has 0 fully saturated rings. The van der Waals surface area contributed by atoms with Gasteiger partial charge in [0.2, 0.25) is 0 Å². The van der Waals surface area contributed by atoms with Crippen molar-refractivity contribution < 1.29 is 18.3 Å². The van der Waals surface area contributed by atoms with Crippen LogP contribution in [0, 0.1) is 0 Å². The van der Waals surface area contributed by atoms with E-state index in [-0.39, 0.29) is 11.5 Å². The van der Waals surface area contributed by atoms with Gasteiger partial charge in [-0.25, -0.2) is 9.97 Å². The SMILES string of the molecule is FC1(F)Oc2ccc(-c3ccc4ncnc(NCc5cccs5)c4c3)cc2O1. The van der Waals surface area contributed by atoms with Gasteiger partial charge in [-0.3, -0.25) is 0 Å². The monoisotopic (exact) mass is 397 g/mol. The predicted octanol–water partition coefficient (Wildman–Crippen LogP) is 5.29. The number of anilines is 1. The first-order valence-corrected chi connectivity index (χ1v) is 9.37. The van der Waals surface area contributed by atoms with Gasteiger partial charge in [0.1, 0.15) is 12.1 Å². The molecule has 1 N–H and O–H groups in total. The van der Waals surface area contributed by atoms with E-state index in [0.717, 1.165) is 22.0 Å². The summed E-state index contributed by atoms with van der Waals surface area (Å²) < 4.78 is 35.5. The Bertz CT molecular complexity index is 1170. The van der Waals surface area contributed by atoms with E-state index < -0.39 is 6.29 Å². The van der Waals surface area contributed by atoms with Gasteiger partial charge in [-0.1, -0.05) is 18.2 Å². The fourth-order valence-corrected chi connectivity index (χ4v) is 3.73. The zero-order chi connectivity index (χ0) is 19.1. The molecule has 1 aliphatic heterocycles. The van der Waals surface area contributed by atoms with Crippen LogP contribution in [-0.4, -0.2) is 16.3 Å². The van der Waals surface area contributed by atoms with Gasteiger partial charge in [0.25, 0.3) is 0 Å². The second-order valence-corrected chi connectivity index (χ2v) is 7.25. The highest BCUT2D eigenvalue weighted by atomic mass is 32.1. The third-order valence-corrected chi connectivity index (χ3v) is 5.26. The molecule has 5 rings (SSSR count). The van der Waals surface area contributed by atoms with E-state index in [1.54, 1.807) is 23.5 Å². The Labute approximate surface area is 162 Å². The van der Waals surface area contributed by atoms with Crippen LogP contribution in [0.5, 0.6) is 11.5 Å². The van der Waals surface area contributed by atoms with Crippen molar-refractivity contribution in [2.45, 2.75) is 12.8 Å². The number of rotatable bonds is 4. The Morgan fingerprint density at radius 2 is 1.79 bits per heavy atom. The summed E-state index contributed by atoms with van der Waals surface area (Å²) in [6.07, 6.45) is -2.11. The normalized spacial score (nSPS) is 14.4. The number of fused-ring (bicyclic) bond motifs is 2. The lowest BCUT2D eigenvalue weighted by atomic mass is 10.0. The minimum Gasteiger partial charge on any atom is -0.395 e. The highest BCUT2D eigenvalue weighted by Crippen LogP contribution is 2.43. The van der Waals surface area contributed by atoms with Crippen molar-refractivity contribution in [2.75, 3.05) is 5.32 Å². The average Bonchev–Trinajstić information content (AvgIpc) is 3.31. The lowest BCUT2D eigenvalue weighted by molar-refractivity contribution is -0.286. The third kappa shape index (κ3) is 3.11. The number of nitrogens with one attached hydrogen (secondary N) is 1. The minimum atomic E-state index is -3.63. The molecule has 0 bridgehead atoms. The van der Waals surface area contributed by atoms with Crippen molar-refractivity contribution in [2.24, 2.45) is 0 Å². The molecule has 0 spiro atoms. The molecule has 0 atom stereocenters. The minimum absolute atomic E-state index is 0.0166. The van der Waals surface area contributed by atoms with Crippen molar-refractivity contribution in [3.63, 3.8) is 0 Å². The fraction of sp³-hybridized carbons (Fsp3) is 0.100. The van der Waals surface area contributed by atoms with E-state index in [2.05, 4.69) is 30.8 Å². The molecule has 140 valence electrons. The summed E-state index contributed by atoms with van der Waals surface area (Å²) in [5.41, 5.74) is 2.36. The van der Waals surface area contributed by atoms with Gasteiger partial charge in [-0.2, -0.15) is 0 Å². The molecular formula is C20H13F2N3O2S. The second kappa shape index (κ2) is 6.42. The number of nitrogens with zero attached hydrogens (tertiary/aromatic N) is 2. The number of hydrogen-bond acceptors (Lipinski definition) is 6. The molecule has 0 saturated carbocycles. The summed E-state index contributed by atoms with van der Waals surface area (Å²) in [5, 5.41) is 6.21. The quantitative estimate of drug-likeness (QED) is 0.507. The number of hydrogen-bond donors (Lipinski definition) is 1. The van der Waals surface area contributed by atoms with E-state index in [1.165, 1.54) is 17.3 Å². The van der Waals surface area contributed by atoms with Gasteiger partial charge in [0.05, 0.1) is 12.1 Å². The first-order chi connectivity index (χ1) is 13.6. The molecule has 3 heterocycles. The Kier molecular flexibility index (Phi) is 3.87. The van der Waals surface area contributed by atoms with E-state index >= 15 is 0 Å². The van der Waals surface area contributed by atoms with Crippen LogP contribution in [0.4, 0.5) is 14.6 Å². The fourth-order valence-electron chi connectivity index (χ4n) is 3.09. The van der Waals surface area contributed by atoms with Crippen LogP contribution in [0.1, 0.15) is 4.88 Å². The standard InChI is InChI=1S/C20H13F2N3O2S/c21-20(22)26-17-6-4-13(9-18(17)27-20)12-3-5-16-15(8-12)19(25-11-24-16)23-10-14-2-1-7-28-14/h1-9,11H,10H2,(H,23,24,25). The van der Waals surface area contributed by atoms with Crippen molar-refractivity contribution >= 4 is 28.1 Å². The number of benzene rings is 2. The molecule has 5 nitrogen and oxygen atoms in total. The van der Waals surface area contributed by atoms with Gasteiger partial charge in [0.15, 0.2) is 11.5 Å². The van der Waals surface area contributed by atoms with Crippen molar-refractivity contribution in [3.8, 4) is 22.6 Å². The smallest absolute Gasteiger partial charge is 0.395 e. The molecule has 0 saturated heterocycles. The average molecular weight is 397 g/mol. The van der Waals surface area contributed by atoms with E-state index in [9.17, 15) is 8.78 Å². The third-order valence-electron chi connectivity index (χ3n) is 4.38. The lowest BCUT2D eigenvalue weighted by Gasteiger charge is -2.09. The Balaban J connectivity index is 1.50. The van der Waals surface area contributed by atoms with Crippen LogP contribution in [0.2, 0.25) is 0 Å². The van der Waals surface area contributed by atoms with Crippen LogP contribution < -0.4 is 14.8 Å². The van der Waals surface area contributed by atoms with Gasteiger partial charge >= 0.3 is 6.29 Å². The summed E-state index contributed by atoms with van der Waals surface area (Å²) >= 11 is 1.67. The number of aromatic nitrogens is 2. The Morgan fingerprint density at radius 1 is 0.964 bits per heavy atom. The van der Waals surface area contributed by atoms with Crippen LogP contribution in [0.3, 0.4) is 0 Å². The largest absolute Gasteiger partial charge is 0.586 e. The molecule has 4 aromatic rings. The van der Waals surface area contributed by atoms with Crippen molar-refractivity contribution in [1.82, 2.24) is 9.97 Å². The molecule has 28 heavy (non-hydrogen) atoms. The molecule has 2 aromatic heterocycles. The van der Waals surface area contributed by atoms with Gasteiger partial charge in [0, 0.05) is 10.3 Å². The lowest BCUT2D eigenvalue weighted by Crippen LogP contribution is -2.25. The highest BCUT2D eigenvalue weighted by Gasteiger charge is 2.43. The van der Waals surface area contributed by atoms with E-state index in [1.807, 2.05) is 29.6 Å². The second-order valence-electron chi connectivity index (χ2n) is 6.22. The molecule has 2 aromatic carbocycles. The van der Waals surface area contributed by atoms with Gasteiger partial charge in [-0.15, -0.1) is 20.1 Å². The molecule has 0 amide bonds. The molecule has 1 aliphatic rings. The first kappa shape index (κ1) is 16.9. The summed E-state index contributed by atoms with van der Waals surface area (Å²) in [5.74, 6) is 0.756. The maximum atomic E-state index is 13.3. The maximum absolute atomic E-state index is 13.3. The summed E-state index contributed by atoms with van der Waals surface area (Å²) in [4.78, 5) is 9.86. The number of thiophene rings is 1. The van der Waals surface area contributed by atoms with Crippen molar-refractivity contribution in [1.29, 1.82) is 0 Å². The molecule has 0 unspecified atom stereocenters. The zero-order valence-electron chi connectivity index (χ0n) is 14.4.